The third-order valence-corrected chi connectivity index (χ3v) is 4.82. The molecule has 2 atom stereocenters. The van der Waals surface area contributed by atoms with Crippen LogP contribution >= 0.6 is 0 Å². The Bertz CT molecular complexity index is 213. The molecule has 2 heteroatoms. The summed E-state index contributed by atoms with van der Waals surface area (Å²) in [5.74, 6) is 2.06. The quantitative estimate of drug-likeness (QED) is 0.761. The third-order valence-electron chi connectivity index (χ3n) is 4.82. The number of hydrogen-bond acceptors (Lipinski definition) is 2. The van der Waals surface area contributed by atoms with Crippen molar-refractivity contribution in [1.29, 1.82) is 0 Å². The van der Waals surface area contributed by atoms with Crippen molar-refractivity contribution in [2.24, 2.45) is 11.8 Å². The van der Waals surface area contributed by atoms with E-state index >= 15 is 0 Å². The van der Waals surface area contributed by atoms with Crippen molar-refractivity contribution in [3.8, 4) is 0 Å². The van der Waals surface area contributed by atoms with E-state index in [0.29, 0.717) is 0 Å². The Morgan fingerprint density at radius 2 is 1.93 bits per heavy atom. The molecule has 2 heterocycles. The lowest BCUT2D eigenvalue weighted by molar-refractivity contribution is 0.164. The van der Waals surface area contributed by atoms with Crippen LogP contribution in [0.25, 0.3) is 0 Å². The van der Waals surface area contributed by atoms with Crippen LogP contribution < -0.4 is 5.32 Å². The van der Waals surface area contributed by atoms with Crippen LogP contribution in [-0.4, -0.2) is 37.1 Å². The third kappa shape index (κ3) is 2.07. The minimum absolute atomic E-state index is 0.979. The standard InChI is InChI=1S/C13H24N2/c1-2-4-13-12(3-1)6-8-15(13)7-5-11-9-14-10-11/h11-14H,1-10H2. The fraction of sp³-hybridized carbons (Fsp3) is 1.00. The van der Waals surface area contributed by atoms with Crippen molar-refractivity contribution in [2.75, 3.05) is 26.2 Å². The van der Waals surface area contributed by atoms with E-state index in [1.165, 1.54) is 64.7 Å². The van der Waals surface area contributed by atoms with Crippen molar-refractivity contribution < 1.29 is 0 Å². The highest BCUT2D eigenvalue weighted by Gasteiger charge is 2.35. The summed E-state index contributed by atoms with van der Waals surface area (Å²) < 4.78 is 0. The average molecular weight is 208 g/mol. The Balaban J connectivity index is 1.48. The summed E-state index contributed by atoms with van der Waals surface area (Å²) in [5, 5.41) is 3.37. The van der Waals surface area contributed by atoms with Crippen LogP contribution in [0.3, 0.4) is 0 Å². The molecule has 0 amide bonds. The molecular weight excluding hydrogens is 184 g/mol. The van der Waals surface area contributed by atoms with Crippen LogP contribution in [0.15, 0.2) is 0 Å². The van der Waals surface area contributed by atoms with Gasteiger partial charge in [0.15, 0.2) is 0 Å². The van der Waals surface area contributed by atoms with Gasteiger partial charge in [-0.15, -0.1) is 0 Å². The highest BCUT2D eigenvalue weighted by Crippen LogP contribution is 2.36. The van der Waals surface area contributed by atoms with E-state index < -0.39 is 0 Å². The fourth-order valence-corrected chi connectivity index (χ4v) is 3.68. The molecule has 2 unspecified atom stereocenters. The molecule has 0 bridgehead atoms. The van der Waals surface area contributed by atoms with E-state index in [1.54, 1.807) is 0 Å². The van der Waals surface area contributed by atoms with Gasteiger partial charge < -0.3 is 10.2 Å². The number of hydrogen-bond donors (Lipinski definition) is 1. The molecule has 0 spiro atoms. The van der Waals surface area contributed by atoms with E-state index in [4.69, 9.17) is 0 Å². The lowest BCUT2D eigenvalue weighted by atomic mass is 9.85. The molecule has 86 valence electrons. The van der Waals surface area contributed by atoms with Crippen molar-refractivity contribution in [3.05, 3.63) is 0 Å². The van der Waals surface area contributed by atoms with E-state index in [9.17, 15) is 0 Å². The van der Waals surface area contributed by atoms with Crippen LogP contribution in [0.5, 0.6) is 0 Å². The maximum Gasteiger partial charge on any atom is 0.0124 e. The van der Waals surface area contributed by atoms with Gasteiger partial charge >= 0.3 is 0 Å². The topological polar surface area (TPSA) is 15.3 Å². The van der Waals surface area contributed by atoms with Crippen LogP contribution in [0, 0.1) is 11.8 Å². The zero-order valence-electron chi connectivity index (χ0n) is 9.75. The molecule has 3 rings (SSSR count). The van der Waals surface area contributed by atoms with Crippen LogP contribution in [0.4, 0.5) is 0 Å². The summed E-state index contributed by atoms with van der Waals surface area (Å²) in [6.45, 7) is 5.34. The van der Waals surface area contributed by atoms with Crippen molar-refractivity contribution >= 4 is 0 Å². The van der Waals surface area contributed by atoms with Crippen LogP contribution in [0.2, 0.25) is 0 Å². The normalized spacial score (nSPS) is 37.6. The van der Waals surface area contributed by atoms with Crippen LogP contribution in [0.1, 0.15) is 38.5 Å². The molecule has 0 aromatic rings. The van der Waals surface area contributed by atoms with Gasteiger partial charge in [-0.1, -0.05) is 12.8 Å². The zero-order chi connectivity index (χ0) is 10.1. The summed E-state index contributed by atoms with van der Waals surface area (Å²) in [4.78, 5) is 2.81. The van der Waals surface area contributed by atoms with Crippen molar-refractivity contribution in [3.63, 3.8) is 0 Å². The number of fused-ring (bicyclic) bond motifs is 1. The van der Waals surface area contributed by atoms with Gasteiger partial charge in [0, 0.05) is 6.04 Å². The van der Waals surface area contributed by atoms with E-state index in [1.807, 2.05) is 0 Å². The molecule has 2 saturated heterocycles. The molecule has 0 radical (unpaired) electrons. The molecular formula is C13H24N2. The summed E-state index contributed by atoms with van der Waals surface area (Å²) >= 11 is 0. The largest absolute Gasteiger partial charge is 0.316 e. The number of nitrogens with one attached hydrogen (secondary N) is 1. The first-order valence-corrected chi connectivity index (χ1v) is 6.88. The zero-order valence-corrected chi connectivity index (χ0v) is 9.75. The molecule has 3 fully saturated rings. The maximum atomic E-state index is 3.37. The molecule has 0 aromatic heterocycles. The highest BCUT2D eigenvalue weighted by atomic mass is 15.2. The van der Waals surface area contributed by atoms with Crippen molar-refractivity contribution in [2.45, 2.75) is 44.6 Å². The van der Waals surface area contributed by atoms with E-state index in [0.717, 1.165) is 17.9 Å². The summed E-state index contributed by atoms with van der Waals surface area (Å²) in [7, 11) is 0. The molecule has 1 N–H and O–H groups in total. The molecule has 2 aliphatic heterocycles. The van der Waals surface area contributed by atoms with Crippen molar-refractivity contribution in [1.82, 2.24) is 10.2 Å². The second-order valence-electron chi connectivity index (χ2n) is 5.75. The molecule has 0 aromatic carbocycles. The second-order valence-corrected chi connectivity index (χ2v) is 5.75. The molecule has 15 heavy (non-hydrogen) atoms. The first-order valence-electron chi connectivity index (χ1n) is 6.88. The SMILES string of the molecule is C1CCC2C(C1)CCN2CCC1CNC1. The van der Waals surface area contributed by atoms with Gasteiger partial charge in [-0.05, 0) is 63.7 Å². The van der Waals surface area contributed by atoms with E-state index in [-0.39, 0.29) is 0 Å². The number of rotatable bonds is 3. The van der Waals surface area contributed by atoms with E-state index in [2.05, 4.69) is 10.2 Å². The molecule has 2 nitrogen and oxygen atoms in total. The summed E-state index contributed by atoms with van der Waals surface area (Å²) in [6.07, 6.45) is 8.94. The number of likely N-dealkylation sites (tertiary alicyclic amines) is 1. The predicted octanol–water partition coefficient (Wildman–Crippen LogP) is 1.86. The Labute approximate surface area is 93.4 Å². The summed E-state index contributed by atoms with van der Waals surface area (Å²) in [5.41, 5.74) is 0. The summed E-state index contributed by atoms with van der Waals surface area (Å²) in [6, 6.07) is 0.979. The smallest absolute Gasteiger partial charge is 0.0124 e. The maximum absolute atomic E-state index is 3.37. The van der Waals surface area contributed by atoms with Gasteiger partial charge in [0.25, 0.3) is 0 Å². The Hall–Kier alpha value is -0.0800. The fourth-order valence-electron chi connectivity index (χ4n) is 3.68. The highest BCUT2D eigenvalue weighted by molar-refractivity contribution is 4.90. The van der Waals surface area contributed by atoms with Gasteiger partial charge in [-0.3, -0.25) is 0 Å². The molecule has 1 saturated carbocycles. The molecule has 1 aliphatic carbocycles. The Kier molecular flexibility index (Phi) is 2.98. The monoisotopic (exact) mass is 208 g/mol. The minimum atomic E-state index is 0.979. The van der Waals surface area contributed by atoms with Gasteiger partial charge in [-0.2, -0.15) is 0 Å². The predicted molar refractivity (Wildman–Crippen MR) is 62.9 cm³/mol. The Morgan fingerprint density at radius 1 is 1.07 bits per heavy atom. The van der Waals surface area contributed by atoms with Gasteiger partial charge in [0.2, 0.25) is 0 Å². The average Bonchev–Trinajstić information content (AvgIpc) is 2.60. The van der Waals surface area contributed by atoms with Gasteiger partial charge in [-0.25, -0.2) is 0 Å². The van der Waals surface area contributed by atoms with Gasteiger partial charge in [0.1, 0.15) is 0 Å². The Morgan fingerprint density at radius 3 is 2.73 bits per heavy atom. The van der Waals surface area contributed by atoms with Gasteiger partial charge in [0.05, 0.1) is 0 Å². The first-order chi connectivity index (χ1) is 7.43. The first kappa shape index (κ1) is 10.1. The lowest BCUT2D eigenvalue weighted by Crippen LogP contribution is -2.44. The number of nitrogens with zero attached hydrogens (tertiary/aromatic N) is 1. The second kappa shape index (κ2) is 4.42. The van der Waals surface area contributed by atoms with Crippen LogP contribution in [-0.2, 0) is 0 Å². The lowest BCUT2D eigenvalue weighted by Gasteiger charge is -2.34. The molecule has 3 aliphatic rings. The minimum Gasteiger partial charge on any atom is -0.316 e.